The van der Waals surface area contributed by atoms with Crippen molar-refractivity contribution in [3.8, 4) is 0 Å². The largest absolute Gasteiger partial charge is 0.389 e. The zero-order valence-electron chi connectivity index (χ0n) is 10.2. The van der Waals surface area contributed by atoms with Crippen molar-refractivity contribution in [2.45, 2.75) is 44.0 Å². The summed E-state index contributed by atoms with van der Waals surface area (Å²) in [6.07, 6.45) is -2.73. The minimum atomic E-state index is -4.05. The minimum Gasteiger partial charge on any atom is -0.381 e. The molecule has 0 aromatic rings. The van der Waals surface area contributed by atoms with Gasteiger partial charge in [0.05, 0.1) is 6.10 Å². The summed E-state index contributed by atoms with van der Waals surface area (Å²) in [4.78, 5) is 2.06. The lowest BCUT2D eigenvalue weighted by molar-refractivity contribution is -0.136. The summed E-state index contributed by atoms with van der Waals surface area (Å²) in [6, 6.07) is 0.155. The second-order valence-electron chi connectivity index (χ2n) is 4.53. The summed E-state index contributed by atoms with van der Waals surface area (Å²) in [5.41, 5.74) is 5.65. The second kappa shape index (κ2) is 6.56. The monoisotopic (exact) mass is 254 g/mol. The first-order chi connectivity index (χ1) is 7.96. The highest BCUT2D eigenvalue weighted by molar-refractivity contribution is 4.82. The van der Waals surface area contributed by atoms with Gasteiger partial charge < -0.3 is 10.5 Å². The van der Waals surface area contributed by atoms with Gasteiger partial charge >= 0.3 is 6.18 Å². The molecule has 1 fully saturated rings. The van der Waals surface area contributed by atoms with Crippen LogP contribution in [0.5, 0.6) is 0 Å². The van der Waals surface area contributed by atoms with Gasteiger partial charge in [-0.15, -0.1) is 0 Å². The van der Waals surface area contributed by atoms with Gasteiger partial charge in [-0.05, 0) is 25.8 Å². The lowest BCUT2D eigenvalue weighted by Crippen LogP contribution is -2.48. The molecule has 2 unspecified atom stereocenters. The molecule has 0 aliphatic carbocycles. The molecule has 0 bridgehead atoms. The first kappa shape index (κ1) is 14.7. The molecule has 3 nitrogen and oxygen atoms in total. The molecule has 1 aliphatic rings. The predicted octanol–water partition coefficient (Wildman–Crippen LogP) is 1.77. The van der Waals surface area contributed by atoms with Crippen molar-refractivity contribution >= 4 is 0 Å². The Kier molecular flexibility index (Phi) is 5.69. The van der Waals surface area contributed by atoms with E-state index in [1.165, 1.54) is 0 Å². The van der Waals surface area contributed by atoms with E-state index in [1.54, 1.807) is 7.11 Å². The fourth-order valence-electron chi connectivity index (χ4n) is 2.30. The van der Waals surface area contributed by atoms with Gasteiger partial charge in [0.2, 0.25) is 0 Å². The Balaban J connectivity index is 2.32. The molecule has 6 heteroatoms. The molecule has 17 heavy (non-hydrogen) atoms. The summed E-state index contributed by atoms with van der Waals surface area (Å²) in [7, 11) is 1.66. The molecule has 1 saturated heterocycles. The van der Waals surface area contributed by atoms with E-state index in [4.69, 9.17) is 10.5 Å². The molecule has 0 aromatic heterocycles. The van der Waals surface area contributed by atoms with Gasteiger partial charge in [-0.2, -0.15) is 13.2 Å². The fourth-order valence-corrected chi connectivity index (χ4v) is 2.30. The van der Waals surface area contributed by atoms with Crippen LogP contribution in [0.4, 0.5) is 13.2 Å². The summed E-state index contributed by atoms with van der Waals surface area (Å²) in [5.74, 6) is 0. The van der Waals surface area contributed by atoms with Gasteiger partial charge in [0.15, 0.2) is 0 Å². The van der Waals surface area contributed by atoms with Crippen LogP contribution in [0.25, 0.3) is 0 Å². The van der Waals surface area contributed by atoms with Crippen LogP contribution in [0.15, 0.2) is 0 Å². The maximum Gasteiger partial charge on any atom is 0.389 e. The molecular formula is C11H21F3N2O. The zero-order chi connectivity index (χ0) is 12.9. The third-order valence-electron chi connectivity index (χ3n) is 3.30. The Hall–Kier alpha value is -0.330. The summed E-state index contributed by atoms with van der Waals surface area (Å²) >= 11 is 0. The number of piperidine rings is 1. The van der Waals surface area contributed by atoms with Gasteiger partial charge in [0.1, 0.15) is 0 Å². The van der Waals surface area contributed by atoms with E-state index in [-0.39, 0.29) is 18.6 Å². The Labute approximate surface area is 100 Å². The number of halogens is 3. The molecule has 102 valence electrons. The highest BCUT2D eigenvalue weighted by Gasteiger charge is 2.30. The summed E-state index contributed by atoms with van der Waals surface area (Å²) in [6.45, 7) is 1.72. The van der Waals surface area contributed by atoms with Crippen molar-refractivity contribution in [2.75, 3.05) is 26.7 Å². The van der Waals surface area contributed by atoms with Crippen LogP contribution in [-0.4, -0.2) is 50.0 Å². The Morgan fingerprint density at radius 2 is 2.12 bits per heavy atom. The van der Waals surface area contributed by atoms with Gasteiger partial charge in [0, 0.05) is 32.7 Å². The quantitative estimate of drug-likeness (QED) is 0.812. The third-order valence-corrected chi connectivity index (χ3v) is 3.30. The van der Waals surface area contributed by atoms with E-state index in [2.05, 4.69) is 4.90 Å². The lowest BCUT2D eigenvalue weighted by Gasteiger charge is -2.38. The van der Waals surface area contributed by atoms with Gasteiger partial charge in [-0.25, -0.2) is 0 Å². The number of alkyl halides is 3. The topological polar surface area (TPSA) is 38.5 Å². The second-order valence-corrected chi connectivity index (χ2v) is 4.53. The van der Waals surface area contributed by atoms with Crippen molar-refractivity contribution in [3.05, 3.63) is 0 Å². The van der Waals surface area contributed by atoms with E-state index in [0.717, 1.165) is 19.4 Å². The average molecular weight is 254 g/mol. The zero-order valence-corrected chi connectivity index (χ0v) is 10.2. The first-order valence-corrected chi connectivity index (χ1v) is 6.00. The van der Waals surface area contributed by atoms with E-state index in [1.807, 2.05) is 0 Å². The van der Waals surface area contributed by atoms with Crippen LogP contribution < -0.4 is 5.73 Å². The number of nitrogens with two attached hydrogens (primary N) is 1. The van der Waals surface area contributed by atoms with E-state index in [0.29, 0.717) is 13.1 Å². The smallest absolute Gasteiger partial charge is 0.381 e. The number of nitrogens with zero attached hydrogens (tertiary/aromatic N) is 1. The third kappa shape index (κ3) is 5.23. The number of ether oxygens (including phenoxy) is 1. The highest BCUT2D eigenvalue weighted by atomic mass is 19.4. The van der Waals surface area contributed by atoms with Crippen LogP contribution in [0.2, 0.25) is 0 Å². The molecule has 0 amide bonds. The molecule has 0 spiro atoms. The fraction of sp³-hybridized carbons (Fsp3) is 1.00. The van der Waals surface area contributed by atoms with Crippen molar-refractivity contribution in [2.24, 2.45) is 5.73 Å². The van der Waals surface area contributed by atoms with Crippen LogP contribution in [0.1, 0.15) is 25.7 Å². The summed E-state index contributed by atoms with van der Waals surface area (Å²) < 4.78 is 41.4. The van der Waals surface area contributed by atoms with Crippen LogP contribution in [0.3, 0.4) is 0 Å². The SMILES string of the molecule is COC1CCN(CCCC(F)(F)F)C(CN)C1. The van der Waals surface area contributed by atoms with Crippen LogP contribution in [-0.2, 0) is 4.74 Å². The molecule has 0 aromatic carbocycles. The molecule has 1 aliphatic heterocycles. The number of methoxy groups -OCH3 is 1. The lowest BCUT2D eigenvalue weighted by atomic mass is 9.99. The molecule has 0 saturated carbocycles. The number of hydrogen-bond donors (Lipinski definition) is 1. The Morgan fingerprint density at radius 3 is 2.65 bits per heavy atom. The minimum absolute atomic E-state index is 0.150. The standard InChI is InChI=1S/C11H21F3N2O/c1-17-10-3-6-16(9(7-10)8-15)5-2-4-11(12,13)14/h9-10H,2-8,15H2,1H3. The molecular weight excluding hydrogens is 233 g/mol. The van der Waals surface area contributed by atoms with Gasteiger partial charge in [0.25, 0.3) is 0 Å². The average Bonchev–Trinajstić information content (AvgIpc) is 2.27. The van der Waals surface area contributed by atoms with Crippen molar-refractivity contribution in [3.63, 3.8) is 0 Å². The van der Waals surface area contributed by atoms with Gasteiger partial charge in [-0.1, -0.05) is 0 Å². The van der Waals surface area contributed by atoms with Crippen molar-refractivity contribution < 1.29 is 17.9 Å². The normalized spacial score (nSPS) is 27.4. The highest BCUT2D eigenvalue weighted by Crippen LogP contribution is 2.24. The van der Waals surface area contributed by atoms with E-state index in [9.17, 15) is 13.2 Å². The van der Waals surface area contributed by atoms with Crippen molar-refractivity contribution in [1.82, 2.24) is 4.90 Å². The number of likely N-dealkylation sites (tertiary alicyclic amines) is 1. The maximum absolute atomic E-state index is 12.0. The van der Waals surface area contributed by atoms with E-state index < -0.39 is 12.6 Å². The van der Waals surface area contributed by atoms with Crippen LogP contribution in [0, 0.1) is 0 Å². The Bertz CT molecular complexity index is 223. The number of rotatable bonds is 5. The molecule has 1 rings (SSSR count). The summed E-state index contributed by atoms with van der Waals surface area (Å²) in [5, 5.41) is 0. The molecule has 2 N–H and O–H groups in total. The molecule has 1 heterocycles. The van der Waals surface area contributed by atoms with Crippen molar-refractivity contribution in [1.29, 1.82) is 0 Å². The van der Waals surface area contributed by atoms with Crippen LogP contribution >= 0.6 is 0 Å². The molecule has 0 radical (unpaired) electrons. The number of hydrogen-bond acceptors (Lipinski definition) is 3. The predicted molar refractivity (Wildman–Crippen MR) is 59.7 cm³/mol. The Morgan fingerprint density at radius 1 is 1.41 bits per heavy atom. The van der Waals surface area contributed by atoms with E-state index >= 15 is 0 Å². The molecule has 2 atom stereocenters. The first-order valence-electron chi connectivity index (χ1n) is 6.00. The van der Waals surface area contributed by atoms with Gasteiger partial charge in [-0.3, -0.25) is 4.90 Å². The maximum atomic E-state index is 12.0.